The summed E-state index contributed by atoms with van der Waals surface area (Å²) >= 11 is 0. The number of nitrogens with zero attached hydrogens (tertiary/aromatic N) is 1. The number of rotatable bonds is 6. The molecule has 1 aromatic rings. The smallest absolute Gasteiger partial charge is 0.304 e. The summed E-state index contributed by atoms with van der Waals surface area (Å²) in [5, 5.41) is 8.88. The number of ether oxygens (including phenoxy) is 1. The second kappa shape index (κ2) is 5.83. The van der Waals surface area contributed by atoms with Crippen LogP contribution in [0.15, 0.2) is 24.3 Å². The van der Waals surface area contributed by atoms with Crippen molar-refractivity contribution < 1.29 is 14.6 Å². The van der Waals surface area contributed by atoms with E-state index in [0.29, 0.717) is 18.5 Å². The van der Waals surface area contributed by atoms with Crippen molar-refractivity contribution in [1.82, 2.24) is 4.90 Å². The van der Waals surface area contributed by atoms with E-state index < -0.39 is 5.97 Å². The van der Waals surface area contributed by atoms with Gasteiger partial charge in [0.05, 0.1) is 13.0 Å². The molecule has 1 aliphatic heterocycles. The third kappa shape index (κ3) is 3.12. The van der Waals surface area contributed by atoms with Crippen molar-refractivity contribution in [2.75, 3.05) is 19.7 Å². The average molecular weight is 275 g/mol. The molecule has 0 amide bonds. The zero-order valence-electron chi connectivity index (χ0n) is 11.6. The molecule has 4 heteroatoms. The summed E-state index contributed by atoms with van der Waals surface area (Å²) in [6, 6.07) is 8.83. The second-order valence-electron chi connectivity index (χ2n) is 5.74. The molecule has 1 saturated carbocycles. The van der Waals surface area contributed by atoms with E-state index in [4.69, 9.17) is 9.84 Å². The van der Waals surface area contributed by atoms with Gasteiger partial charge in [0.15, 0.2) is 0 Å². The topological polar surface area (TPSA) is 49.8 Å². The first-order chi connectivity index (χ1) is 9.74. The van der Waals surface area contributed by atoms with Crippen LogP contribution in [0.1, 0.15) is 37.2 Å². The molecular weight excluding hydrogens is 254 g/mol. The standard InChI is InChI=1S/C16H21NO3/c18-16(19)7-9-17(13-5-6-13)11-12-8-10-20-15-4-2-1-3-14(12)15/h1-4,12-13H,5-11H2,(H,18,19). The van der Waals surface area contributed by atoms with E-state index in [1.165, 1.54) is 18.4 Å². The summed E-state index contributed by atoms with van der Waals surface area (Å²) < 4.78 is 5.70. The van der Waals surface area contributed by atoms with E-state index in [9.17, 15) is 4.79 Å². The minimum atomic E-state index is -0.706. The number of hydrogen-bond donors (Lipinski definition) is 1. The summed E-state index contributed by atoms with van der Waals surface area (Å²) in [6.07, 6.45) is 3.68. The number of carbonyl (C=O) groups is 1. The summed E-state index contributed by atoms with van der Waals surface area (Å²) in [7, 11) is 0. The highest BCUT2D eigenvalue weighted by molar-refractivity contribution is 5.66. The van der Waals surface area contributed by atoms with E-state index in [-0.39, 0.29) is 6.42 Å². The first-order valence-corrected chi connectivity index (χ1v) is 7.41. The predicted octanol–water partition coefficient (Wildman–Crippen LogP) is 2.49. The van der Waals surface area contributed by atoms with Gasteiger partial charge in [0.25, 0.3) is 0 Å². The highest BCUT2D eigenvalue weighted by Crippen LogP contribution is 2.36. The van der Waals surface area contributed by atoms with Gasteiger partial charge >= 0.3 is 5.97 Å². The lowest BCUT2D eigenvalue weighted by Crippen LogP contribution is -2.34. The van der Waals surface area contributed by atoms with Crippen molar-refractivity contribution in [3.8, 4) is 5.75 Å². The van der Waals surface area contributed by atoms with Crippen LogP contribution in [0.3, 0.4) is 0 Å². The Bertz CT molecular complexity index is 484. The van der Waals surface area contributed by atoms with Crippen molar-refractivity contribution in [3.05, 3.63) is 29.8 Å². The van der Waals surface area contributed by atoms with Gasteiger partial charge in [-0.2, -0.15) is 0 Å². The maximum Gasteiger partial charge on any atom is 0.304 e. The zero-order valence-corrected chi connectivity index (χ0v) is 11.6. The largest absolute Gasteiger partial charge is 0.493 e. The quantitative estimate of drug-likeness (QED) is 0.866. The number of para-hydroxylation sites is 1. The van der Waals surface area contributed by atoms with Crippen LogP contribution >= 0.6 is 0 Å². The molecule has 1 atom stereocenters. The second-order valence-corrected chi connectivity index (χ2v) is 5.74. The molecular formula is C16H21NO3. The van der Waals surface area contributed by atoms with Gasteiger partial charge in [0, 0.05) is 25.0 Å². The minimum Gasteiger partial charge on any atom is -0.493 e. The van der Waals surface area contributed by atoms with E-state index in [1.54, 1.807) is 0 Å². The third-order valence-corrected chi connectivity index (χ3v) is 4.21. The van der Waals surface area contributed by atoms with Crippen LogP contribution in [0.5, 0.6) is 5.75 Å². The molecule has 0 aromatic heterocycles. The van der Waals surface area contributed by atoms with Gasteiger partial charge in [-0.25, -0.2) is 0 Å². The molecule has 0 saturated heterocycles. The van der Waals surface area contributed by atoms with Gasteiger partial charge in [-0.15, -0.1) is 0 Å². The first-order valence-electron chi connectivity index (χ1n) is 7.41. The highest BCUT2D eigenvalue weighted by atomic mass is 16.5. The summed E-state index contributed by atoms with van der Waals surface area (Å²) in [4.78, 5) is 13.2. The maximum atomic E-state index is 10.8. The number of fused-ring (bicyclic) bond motifs is 1. The molecule has 0 spiro atoms. The minimum absolute atomic E-state index is 0.237. The molecule has 1 aliphatic carbocycles. The Morgan fingerprint density at radius 3 is 2.85 bits per heavy atom. The maximum absolute atomic E-state index is 10.8. The van der Waals surface area contributed by atoms with Crippen LogP contribution in [0, 0.1) is 0 Å². The van der Waals surface area contributed by atoms with Gasteiger partial charge in [0.1, 0.15) is 5.75 Å². The van der Waals surface area contributed by atoms with Gasteiger partial charge in [0.2, 0.25) is 0 Å². The fraction of sp³-hybridized carbons (Fsp3) is 0.562. The third-order valence-electron chi connectivity index (χ3n) is 4.21. The van der Waals surface area contributed by atoms with Gasteiger partial charge in [-0.3, -0.25) is 9.69 Å². The van der Waals surface area contributed by atoms with Crippen LogP contribution in [0.2, 0.25) is 0 Å². The van der Waals surface area contributed by atoms with Crippen molar-refractivity contribution in [3.63, 3.8) is 0 Å². The first kappa shape index (κ1) is 13.4. The fourth-order valence-electron chi connectivity index (χ4n) is 2.99. The van der Waals surface area contributed by atoms with Gasteiger partial charge in [-0.05, 0) is 30.9 Å². The Morgan fingerprint density at radius 2 is 2.10 bits per heavy atom. The lowest BCUT2D eigenvalue weighted by atomic mass is 9.92. The average Bonchev–Trinajstić information content (AvgIpc) is 3.28. The molecule has 3 rings (SSSR count). The van der Waals surface area contributed by atoms with E-state index in [0.717, 1.165) is 25.3 Å². The van der Waals surface area contributed by atoms with Gasteiger partial charge < -0.3 is 9.84 Å². The predicted molar refractivity (Wildman–Crippen MR) is 76.1 cm³/mol. The Hall–Kier alpha value is -1.55. The van der Waals surface area contributed by atoms with E-state index in [1.807, 2.05) is 12.1 Å². The summed E-state index contributed by atoms with van der Waals surface area (Å²) in [6.45, 7) is 2.39. The Kier molecular flexibility index (Phi) is 3.92. The Balaban J connectivity index is 1.68. The molecule has 108 valence electrons. The number of benzene rings is 1. The molecule has 2 aliphatic rings. The Morgan fingerprint density at radius 1 is 1.30 bits per heavy atom. The lowest BCUT2D eigenvalue weighted by molar-refractivity contribution is -0.137. The summed E-state index contributed by atoms with van der Waals surface area (Å²) in [5.74, 6) is 0.759. The van der Waals surface area contributed by atoms with Gasteiger partial charge in [-0.1, -0.05) is 18.2 Å². The molecule has 1 unspecified atom stereocenters. The SMILES string of the molecule is O=C(O)CCN(CC1CCOc2ccccc21)C1CC1. The Labute approximate surface area is 119 Å². The van der Waals surface area contributed by atoms with Crippen LogP contribution in [-0.4, -0.2) is 41.7 Å². The van der Waals surface area contributed by atoms with Crippen molar-refractivity contribution >= 4 is 5.97 Å². The molecule has 0 radical (unpaired) electrons. The van der Waals surface area contributed by atoms with E-state index in [2.05, 4.69) is 17.0 Å². The molecule has 1 heterocycles. The van der Waals surface area contributed by atoms with Crippen LogP contribution < -0.4 is 4.74 Å². The van der Waals surface area contributed by atoms with Crippen LogP contribution in [-0.2, 0) is 4.79 Å². The fourth-order valence-corrected chi connectivity index (χ4v) is 2.99. The monoisotopic (exact) mass is 275 g/mol. The lowest BCUT2D eigenvalue weighted by Gasteiger charge is -2.31. The van der Waals surface area contributed by atoms with Crippen molar-refractivity contribution in [1.29, 1.82) is 0 Å². The van der Waals surface area contributed by atoms with Crippen molar-refractivity contribution in [2.24, 2.45) is 0 Å². The summed E-state index contributed by atoms with van der Waals surface area (Å²) in [5.41, 5.74) is 1.28. The molecule has 1 N–H and O–H groups in total. The molecule has 0 bridgehead atoms. The van der Waals surface area contributed by atoms with Crippen molar-refractivity contribution in [2.45, 2.75) is 37.6 Å². The highest BCUT2D eigenvalue weighted by Gasteiger charge is 2.32. The molecule has 20 heavy (non-hydrogen) atoms. The number of carboxylic acid groups (broad SMARTS) is 1. The normalized spacial score (nSPS) is 21.4. The molecule has 1 fully saturated rings. The van der Waals surface area contributed by atoms with Crippen LogP contribution in [0.4, 0.5) is 0 Å². The number of aliphatic carboxylic acids is 1. The zero-order chi connectivity index (χ0) is 13.9. The van der Waals surface area contributed by atoms with Crippen LogP contribution in [0.25, 0.3) is 0 Å². The molecule has 4 nitrogen and oxygen atoms in total. The number of hydrogen-bond acceptors (Lipinski definition) is 3. The van der Waals surface area contributed by atoms with E-state index >= 15 is 0 Å². The number of carboxylic acids is 1. The molecule has 1 aromatic carbocycles.